The van der Waals surface area contributed by atoms with E-state index >= 15 is 0 Å². The van der Waals surface area contributed by atoms with Gasteiger partial charge in [0, 0.05) is 32.3 Å². The summed E-state index contributed by atoms with van der Waals surface area (Å²) in [6.45, 7) is 0. The minimum atomic E-state index is 0. The summed E-state index contributed by atoms with van der Waals surface area (Å²) in [5, 5.41) is 1.11. The predicted molar refractivity (Wildman–Crippen MR) is 151 cm³/mol. The normalized spacial score (nSPS) is 12.3. The molecule has 1 aliphatic heterocycles. The van der Waals surface area contributed by atoms with Gasteiger partial charge in [0.15, 0.2) is 0 Å². The molecule has 6 aromatic rings. The number of hydrogen-bond donors (Lipinski definition) is 0. The standard InChI is InChI=1S/C35H23N2.Pt/c1-3-10-25(11-4-1)30-21-20-28-19-18-27-14-7-8-17-32(27)37(33(28)24-30)34-23-22-29-15-9-16-31(35(29)36-34)26-12-5-2-6-13-26;/h1-10,12,14-17,20-23H,18-19H2;/q-3;. The molecule has 2 nitrogen and oxygen atoms in total. The van der Waals surface area contributed by atoms with Crippen LogP contribution in [0.5, 0.6) is 0 Å². The Labute approximate surface area is 237 Å². The van der Waals surface area contributed by atoms with Crippen molar-refractivity contribution in [3.8, 4) is 22.3 Å². The zero-order valence-corrected chi connectivity index (χ0v) is 22.9. The molecule has 0 atom stereocenters. The second-order valence-electron chi connectivity index (χ2n) is 9.31. The van der Waals surface area contributed by atoms with Crippen molar-refractivity contribution < 1.29 is 21.1 Å². The van der Waals surface area contributed by atoms with E-state index in [4.69, 9.17) is 4.98 Å². The van der Waals surface area contributed by atoms with Crippen LogP contribution >= 0.6 is 0 Å². The van der Waals surface area contributed by atoms with Crippen LogP contribution in [0.25, 0.3) is 33.2 Å². The number of aryl methyl sites for hydroxylation is 2. The van der Waals surface area contributed by atoms with Gasteiger partial charge in [-0.15, -0.1) is 53.6 Å². The maximum absolute atomic E-state index is 5.30. The molecule has 5 aromatic carbocycles. The van der Waals surface area contributed by atoms with Gasteiger partial charge < -0.3 is 4.90 Å². The fourth-order valence-corrected chi connectivity index (χ4v) is 5.24. The molecular weight excluding hydrogens is 643 g/mol. The predicted octanol–water partition coefficient (Wildman–Crippen LogP) is 8.54. The summed E-state index contributed by atoms with van der Waals surface area (Å²) < 4.78 is 0. The van der Waals surface area contributed by atoms with Crippen molar-refractivity contribution >= 4 is 28.1 Å². The number of nitrogens with zero attached hydrogens (tertiary/aromatic N) is 2. The van der Waals surface area contributed by atoms with Crippen LogP contribution in [0.4, 0.5) is 17.2 Å². The Morgan fingerprint density at radius 2 is 1.37 bits per heavy atom. The number of anilines is 3. The van der Waals surface area contributed by atoms with Crippen LogP contribution in [0.1, 0.15) is 11.1 Å². The Balaban J connectivity index is 0.00000264. The topological polar surface area (TPSA) is 16.1 Å². The summed E-state index contributed by atoms with van der Waals surface area (Å²) >= 11 is 0. The molecule has 7 rings (SSSR count). The summed E-state index contributed by atoms with van der Waals surface area (Å²) in [5.74, 6) is 0.886. The van der Waals surface area contributed by atoms with E-state index in [0.29, 0.717) is 0 Å². The van der Waals surface area contributed by atoms with Crippen LogP contribution in [0.3, 0.4) is 0 Å². The van der Waals surface area contributed by atoms with E-state index in [9.17, 15) is 0 Å². The Bertz CT molecular complexity index is 1730. The van der Waals surface area contributed by atoms with E-state index in [2.05, 4.69) is 102 Å². The average Bonchev–Trinajstić information content (AvgIpc) is 3.14. The number of aromatic nitrogens is 1. The third-order valence-corrected chi connectivity index (χ3v) is 7.06. The van der Waals surface area contributed by atoms with Gasteiger partial charge in [0.1, 0.15) is 5.82 Å². The van der Waals surface area contributed by atoms with Crippen molar-refractivity contribution in [2.45, 2.75) is 12.8 Å². The molecule has 1 aliphatic rings. The second kappa shape index (κ2) is 10.4. The van der Waals surface area contributed by atoms with Gasteiger partial charge >= 0.3 is 0 Å². The van der Waals surface area contributed by atoms with Crippen LogP contribution in [0.15, 0.2) is 115 Å². The van der Waals surface area contributed by atoms with E-state index < -0.39 is 0 Å². The zero-order chi connectivity index (χ0) is 24.6. The van der Waals surface area contributed by atoms with Gasteiger partial charge in [0.05, 0.1) is 0 Å². The first-order valence-corrected chi connectivity index (χ1v) is 12.6. The first-order valence-electron chi connectivity index (χ1n) is 12.6. The van der Waals surface area contributed by atoms with Gasteiger partial charge in [-0.2, -0.15) is 36.4 Å². The molecule has 0 amide bonds. The molecule has 0 N–H and O–H groups in total. The summed E-state index contributed by atoms with van der Waals surface area (Å²) in [7, 11) is 0. The molecule has 0 spiro atoms. The summed E-state index contributed by atoms with van der Waals surface area (Å²) in [4.78, 5) is 7.58. The van der Waals surface area contributed by atoms with Crippen LogP contribution in [0.2, 0.25) is 0 Å². The van der Waals surface area contributed by atoms with E-state index in [1.54, 1.807) is 0 Å². The molecule has 0 bridgehead atoms. The number of pyridine rings is 1. The quantitative estimate of drug-likeness (QED) is 0.176. The molecule has 0 saturated heterocycles. The molecule has 0 saturated carbocycles. The Morgan fingerprint density at radius 3 is 2.18 bits per heavy atom. The number of rotatable bonds is 3. The van der Waals surface area contributed by atoms with Gasteiger partial charge in [-0.3, -0.25) is 0 Å². The molecule has 0 radical (unpaired) electrons. The molecule has 0 unspecified atom stereocenters. The van der Waals surface area contributed by atoms with Crippen molar-refractivity contribution in [3.63, 3.8) is 0 Å². The molecule has 0 fully saturated rings. The monoisotopic (exact) mass is 666 g/mol. The van der Waals surface area contributed by atoms with Gasteiger partial charge in [0.2, 0.25) is 0 Å². The van der Waals surface area contributed by atoms with E-state index in [1.807, 2.05) is 36.4 Å². The van der Waals surface area contributed by atoms with Crippen LogP contribution in [-0.4, -0.2) is 4.98 Å². The molecule has 1 aromatic heterocycles. The van der Waals surface area contributed by atoms with Gasteiger partial charge in [-0.05, 0) is 41.3 Å². The fraction of sp³-hybridized carbons (Fsp3) is 0.0571. The van der Waals surface area contributed by atoms with Crippen molar-refractivity contribution in [2.75, 3.05) is 4.90 Å². The third-order valence-electron chi connectivity index (χ3n) is 7.06. The molecule has 0 aliphatic carbocycles. The van der Waals surface area contributed by atoms with Crippen LogP contribution in [0, 0.1) is 18.2 Å². The van der Waals surface area contributed by atoms with Gasteiger partial charge in [-0.1, -0.05) is 48.4 Å². The Kier molecular flexibility index (Phi) is 6.66. The number of fused-ring (bicyclic) bond motifs is 3. The molecule has 3 heteroatoms. The van der Waals surface area contributed by atoms with Crippen LogP contribution in [-0.2, 0) is 33.9 Å². The van der Waals surface area contributed by atoms with E-state index in [0.717, 1.165) is 63.2 Å². The largest absolute Gasteiger partial charge is 0.313 e. The van der Waals surface area contributed by atoms with Crippen molar-refractivity contribution in [1.29, 1.82) is 0 Å². The second-order valence-corrected chi connectivity index (χ2v) is 9.31. The first kappa shape index (κ1) is 24.3. The van der Waals surface area contributed by atoms with Crippen molar-refractivity contribution in [3.05, 3.63) is 145 Å². The smallest absolute Gasteiger partial charge is 0.135 e. The molecule has 38 heavy (non-hydrogen) atoms. The number of hydrogen-bond acceptors (Lipinski definition) is 2. The maximum Gasteiger partial charge on any atom is 0.135 e. The molecule has 186 valence electrons. The van der Waals surface area contributed by atoms with Crippen molar-refractivity contribution in [2.24, 2.45) is 0 Å². The maximum atomic E-state index is 5.30. The minimum Gasteiger partial charge on any atom is -0.313 e. The number of para-hydroxylation sites is 2. The SMILES string of the molecule is [Pt].[c-]1ccccc1-c1[c-]c2c(cc1)CCc1ccccc1N2c1ccc2cccc(-c3[c-]cccc3)c2n1. The summed E-state index contributed by atoms with van der Waals surface area (Å²) in [6.07, 6.45) is 1.93. The fourth-order valence-electron chi connectivity index (χ4n) is 5.24. The number of benzene rings is 5. The van der Waals surface area contributed by atoms with Gasteiger partial charge in [0.25, 0.3) is 0 Å². The van der Waals surface area contributed by atoms with Crippen LogP contribution < -0.4 is 4.90 Å². The third kappa shape index (κ3) is 4.36. The Hall–Kier alpha value is -4.00. The first-order chi connectivity index (χ1) is 18.3. The van der Waals surface area contributed by atoms with Crippen molar-refractivity contribution in [1.82, 2.24) is 4.98 Å². The minimum absolute atomic E-state index is 0. The average molecular weight is 667 g/mol. The Morgan fingerprint density at radius 1 is 0.605 bits per heavy atom. The zero-order valence-electron chi connectivity index (χ0n) is 20.6. The van der Waals surface area contributed by atoms with E-state index in [1.165, 1.54) is 11.1 Å². The molecule has 2 heterocycles. The molecular formula is C35H23N2Pt-3. The summed E-state index contributed by atoms with van der Waals surface area (Å²) in [6, 6.07) is 50.4. The summed E-state index contributed by atoms with van der Waals surface area (Å²) in [5.41, 5.74) is 9.95. The van der Waals surface area contributed by atoms with E-state index in [-0.39, 0.29) is 21.1 Å². The van der Waals surface area contributed by atoms with Gasteiger partial charge in [-0.25, -0.2) is 16.1 Å².